The maximum absolute atomic E-state index is 12.6. The molecule has 0 radical (unpaired) electrons. The Labute approximate surface area is 154 Å². The van der Waals surface area contributed by atoms with Crippen molar-refractivity contribution < 1.29 is 4.79 Å². The minimum absolute atomic E-state index is 0.206. The van der Waals surface area contributed by atoms with Crippen molar-refractivity contribution in [2.24, 2.45) is 0 Å². The van der Waals surface area contributed by atoms with Gasteiger partial charge < -0.3 is 10.2 Å². The number of halogens is 1. The average molecular weight is 400 g/mol. The molecule has 6 nitrogen and oxygen atoms in total. The number of nitrogens with zero attached hydrogens (tertiary/aromatic N) is 4. The number of hydrogen-bond acceptors (Lipinski definition) is 4. The summed E-state index contributed by atoms with van der Waals surface area (Å²) in [4.78, 5) is 23.4. The predicted molar refractivity (Wildman–Crippen MR) is 100.0 cm³/mol. The Morgan fingerprint density at radius 2 is 2.20 bits per heavy atom. The number of carbonyl (C=O) groups excluding carboxylic acids is 1. The highest BCUT2D eigenvalue weighted by Gasteiger charge is 2.24. The van der Waals surface area contributed by atoms with Crippen LogP contribution in [0, 0.1) is 0 Å². The highest BCUT2D eigenvalue weighted by atomic mass is 79.9. The third kappa shape index (κ3) is 2.89. The lowest BCUT2D eigenvalue weighted by atomic mass is 10.2. The number of nitrogens with one attached hydrogen (secondary N) is 1. The van der Waals surface area contributed by atoms with Gasteiger partial charge in [-0.25, -0.2) is 9.97 Å². The van der Waals surface area contributed by atoms with E-state index >= 15 is 0 Å². The van der Waals surface area contributed by atoms with Gasteiger partial charge in [-0.2, -0.15) is 0 Å². The second-order valence-corrected chi connectivity index (χ2v) is 6.99. The van der Waals surface area contributed by atoms with E-state index in [0.717, 1.165) is 17.6 Å². The van der Waals surface area contributed by atoms with Crippen LogP contribution in [-0.4, -0.2) is 39.4 Å². The number of imidazole rings is 1. The monoisotopic (exact) mass is 399 g/mol. The van der Waals surface area contributed by atoms with Crippen LogP contribution in [0.15, 0.2) is 47.5 Å². The molecule has 128 valence electrons. The molecule has 1 atom stereocenters. The van der Waals surface area contributed by atoms with Gasteiger partial charge in [-0.05, 0) is 40.9 Å². The molecule has 0 aliphatic carbocycles. The van der Waals surface area contributed by atoms with E-state index in [9.17, 15) is 4.79 Å². The minimum atomic E-state index is -0.206. The molecule has 4 rings (SSSR count). The van der Waals surface area contributed by atoms with Crippen LogP contribution in [0.1, 0.15) is 23.0 Å². The highest BCUT2D eigenvalue weighted by Crippen LogP contribution is 2.28. The Morgan fingerprint density at radius 1 is 1.36 bits per heavy atom. The molecule has 1 aliphatic rings. The maximum Gasteiger partial charge on any atom is 0.273 e. The van der Waals surface area contributed by atoms with Crippen molar-refractivity contribution in [1.82, 2.24) is 19.7 Å². The summed E-state index contributed by atoms with van der Waals surface area (Å²) in [6, 6.07) is 8.65. The van der Waals surface area contributed by atoms with Crippen LogP contribution >= 0.6 is 15.9 Å². The van der Waals surface area contributed by atoms with Crippen LogP contribution in [0.5, 0.6) is 0 Å². The fourth-order valence-corrected chi connectivity index (χ4v) is 3.69. The zero-order valence-electron chi connectivity index (χ0n) is 13.8. The van der Waals surface area contributed by atoms with Crippen molar-refractivity contribution >= 4 is 33.2 Å². The molecule has 25 heavy (non-hydrogen) atoms. The normalized spacial score (nSPS) is 14.6. The second kappa shape index (κ2) is 6.48. The molecular weight excluding hydrogens is 382 g/mol. The van der Waals surface area contributed by atoms with Gasteiger partial charge in [-0.15, -0.1) is 0 Å². The summed E-state index contributed by atoms with van der Waals surface area (Å²) in [6.45, 7) is 3.66. The van der Waals surface area contributed by atoms with Crippen LogP contribution in [0.2, 0.25) is 0 Å². The summed E-state index contributed by atoms with van der Waals surface area (Å²) in [5, 5.41) is 3.00. The summed E-state index contributed by atoms with van der Waals surface area (Å²) in [5.74, 6) is -0.206. The number of anilines is 1. The van der Waals surface area contributed by atoms with Crippen LogP contribution in [0.3, 0.4) is 0 Å². The first-order valence-corrected chi connectivity index (χ1v) is 9.05. The Bertz CT molecular complexity index is 938. The number of hydrogen-bond donors (Lipinski definition) is 1. The van der Waals surface area contributed by atoms with Gasteiger partial charge in [0.15, 0.2) is 11.3 Å². The Kier molecular flexibility index (Phi) is 4.17. The first-order valence-electron chi connectivity index (χ1n) is 8.25. The minimum Gasteiger partial charge on any atom is -0.366 e. The quantitative estimate of drug-likeness (QED) is 0.732. The van der Waals surface area contributed by atoms with E-state index in [1.807, 2.05) is 0 Å². The lowest BCUT2D eigenvalue weighted by Crippen LogP contribution is -2.41. The third-order valence-corrected chi connectivity index (χ3v) is 5.20. The molecule has 1 aliphatic heterocycles. The lowest BCUT2D eigenvalue weighted by Gasteiger charge is -2.27. The van der Waals surface area contributed by atoms with Crippen LogP contribution < -0.4 is 10.2 Å². The second-order valence-electron chi connectivity index (χ2n) is 6.18. The van der Waals surface area contributed by atoms with Gasteiger partial charge in [-0.3, -0.25) is 9.20 Å². The zero-order valence-corrected chi connectivity index (χ0v) is 15.4. The molecule has 0 spiro atoms. The molecule has 0 saturated carbocycles. The van der Waals surface area contributed by atoms with Gasteiger partial charge in [0.2, 0.25) is 0 Å². The van der Waals surface area contributed by atoms with Gasteiger partial charge in [0.1, 0.15) is 4.60 Å². The summed E-state index contributed by atoms with van der Waals surface area (Å²) in [6.07, 6.45) is 6.09. The first kappa shape index (κ1) is 16.1. The van der Waals surface area contributed by atoms with Crippen molar-refractivity contribution in [2.45, 2.75) is 19.4 Å². The van der Waals surface area contributed by atoms with E-state index in [0.29, 0.717) is 17.9 Å². The van der Waals surface area contributed by atoms with E-state index < -0.39 is 0 Å². The zero-order chi connectivity index (χ0) is 17.4. The number of carbonyl (C=O) groups is 1. The van der Waals surface area contributed by atoms with E-state index in [4.69, 9.17) is 0 Å². The topological polar surface area (TPSA) is 62.5 Å². The largest absolute Gasteiger partial charge is 0.366 e. The van der Waals surface area contributed by atoms with E-state index in [2.05, 4.69) is 67.3 Å². The van der Waals surface area contributed by atoms with Gasteiger partial charge in [-0.1, -0.05) is 18.2 Å². The fraction of sp³-hybridized carbons (Fsp3) is 0.278. The molecule has 1 amide bonds. The van der Waals surface area contributed by atoms with Crippen molar-refractivity contribution in [3.05, 3.63) is 58.7 Å². The molecule has 0 fully saturated rings. The number of aromatic nitrogens is 3. The van der Waals surface area contributed by atoms with Crippen LogP contribution in [-0.2, 0) is 6.42 Å². The summed E-state index contributed by atoms with van der Waals surface area (Å²) in [5.41, 5.74) is 3.52. The van der Waals surface area contributed by atoms with Crippen molar-refractivity contribution in [3.63, 3.8) is 0 Å². The highest BCUT2D eigenvalue weighted by molar-refractivity contribution is 9.10. The summed E-state index contributed by atoms with van der Waals surface area (Å²) < 4.78 is 2.59. The fourth-order valence-electron chi connectivity index (χ4n) is 3.31. The van der Waals surface area contributed by atoms with Crippen molar-refractivity contribution in [1.29, 1.82) is 0 Å². The van der Waals surface area contributed by atoms with Crippen LogP contribution in [0.25, 0.3) is 5.65 Å². The van der Waals surface area contributed by atoms with Gasteiger partial charge >= 0.3 is 0 Å². The number of para-hydroxylation sites is 1. The average Bonchev–Trinajstić information content (AvgIpc) is 3.23. The molecule has 1 unspecified atom stereocenters. The SMILES string of the molecule is CC(CNC(=O)c1nccn2c(Br)cnc12)N1CCc2ccccc21. The van der Waals surface area contributed by atoms with Gasteiger partial charge in [0.05, 0.1) is 6.20 Å². The van der Waals surface area contributed by atoms with Crippen molar-refractivity contribution in [3.8, 4) is 0 Å². The molecule has 1 N–H and O–H groups in total. The lowest BCUT2D eigenvalue weighted by molar-refractivity contribution is 0.0947. The smallest absolute Gasteiger partial charge is 0.273 e. The standard InChI is InChI=1S/C18H18BrN5O/c1-12(23-8-6-13-4-2-3-5-14(13)23)10-22-18(25)16-17-21-11-15(19)24(17)9-7-20-16/h2-5,7,9,11-12H,6,8,10H2,1H3,(H,22,25). The number of benzene rings is 1. The molecule has 3 heterocycles. The van der Waals surface area contributed by atoms with E-state index in [-0.39, 0.29) is 11.9 Å². The molecule has 3 aromatic rings. The summed E-state index contributed by atoms with van der Waals surface area (Å²) >= 11 is 3.41. The van der Waals surface area contributed by atoms with Gasteiger partial charge in [0.25, 0.3) is 5.91 Å². The Hall–Kier alpha value is -2.41. The first-order chi connectivity index (χ1) is 12.1. The molecule has 2 aromatic heterocycles. The molecule has 7 heteroatoms. The van der Waals surface area contributed by atoms with Crippen LogP contribution in [0.4, 0.5) is 5.69 Å². The molecule has 0 bridgehead atoms. The number of amides is 1. The number of rotatable bonds is 4. The molecule has 1 aromatic carbocycles. The van der Waals surface area contributed by atoms with Crippen molar-refractivity contribution in [2.75, 3.05) is 18.0 Å². The number of fused-ring (bicyclic) bond motifs is 2. The van der Waals surface area contributed by atoms with Gasteiger partial charge in [0, 0.05) is 37.2 Å². The maximum atomic E-state index is 12.6. The summed E-state index contributed by atoms with van der Waals surface area (Å²) in [7, 11) is 0. The third-order valence-electron chi connectivity index (χ3n) is 4.61. The predicted octanol–water partition coefficient (Wildman–Crippen LogP) is 2.67. The van der Waals surface area contributed by atoms with E-state index in [1.165, 1.54) is 11.3 Å². The molecular formula is C18H18BrN5O. The Morgan fingerprint density at radius 3 is 3.08 bits per heavy atom. The Balaban J connectivity index is 1.47. The van der Waals surface area contributed by atoms with E-state index in [1.54, 1.807) is 23.0 Å². The molecule has 0 saturated heterocycles.